The highest BCUT2D eigenvalue weighted by Gasteiger charge is 2.39. The van der Waals surface area contributed by atoms with E-state index in [1.165, 1.54) is 30.4 Å². The summed E-state index contributed by atoms with van der Waals surface area (Å²) in [6.45, 7) is 3.41. The Balaban J connectivity index is 1.21. The first-order chi connectivity index (χ1) is 19.5. The number of anilines is 1. The Bertz CT molecular complexity index is 1160. The van der Waals surface area contributed by atoms with E-state index in [2.05, 4.69) is 58.0 Å². The molecule has 2 aromatic rings. The third-order valence-corrected chi connectivity index (χ3v) is 8.74. The topological polar surface area (TPSA) is 97.7 Å². The van der Waals surface area contributed by atoms with Crippen molar-refractivity contribution in [1.29, 1.82) is 5.26 Å². The lowest BCUT2D eigenvalue weighted by Gasteiger charge is -2.40. The molecule has 2 N–H and O–H groups in total. The maximum absolute atomic E-state index is 13.7. The Labute approximate surface area is 237 Å². The molecule has 3 amide bonds. The normalized spacial score (nSPS) is 20.3. The molecule has 212 valence electrons. The quantitative estimate of drug-likeness (QED) is 0.527. The van der Waals surface area contributed by atoms with Gasteiger partial charge in [0.15, 0.2) is 0 Å². The molecule has 8 heteroatoms. The van der Waals surface area contributed by atoms with Gasteiger partial charge in [-0.15, -0.1) is 0 Å². The van der Waals surface area contributed by atoms with Crippen LogP contribution in [-0.4, -0.2) is 67.8 Å². The molecule has 2 saturated heterocycles. The van der Waals surface area contributed by atoms with Crippen LogP contribution >= 0.6 is 0 Å². The van der Waals surface area contributed by atoms with Crippen LogP contribution in [0, 0.1) is 17.2 Å². The minimum Gasteiger partial charge on any atom is -0.378 e. The SMILES string of the molecule is N#CC1(NC(=O)C(CC2CCCCC2)NC(=O)N2CCOCC2)CCN(c2ccc(-c3ccccc3)cc2)CC1. The first-order valence-electron chi connectivity index (χ1n) is 14.8. The van der Waals surface area contributed by atoms with Crippen LogP contribution in [-0.2, 0) is 9.53 Å². The van der Waals surface area contributed by atoms with Crippen molar-refractivity contribution in [3.05, 3.63) is 54.6 Å². The van der Waals surface area contributed by atoms with E-state index in [0.717, 1.165) is 18.5 Å². The summed E-state index contributed by atoms with van der Waals surface area (Å²) in [4.78, 5) is 30.7. The van der Waals surface area contributed by atoms with E-state index >= 15 is 0 Å². The van der Waals surface area contributed by atoms with Gasteiger partial charge in [0, 0.05) is 44.7 Å². The van der Waals surface area contributed by atoms with Crippen molar-refractivity contribution < 1.29 is 14.3 Å². The molecule has 0 aromatic heterocycles. The van der Waals surface area contributed by atoms with Crippen molar-refractivity contribution in [2.75, 3.05) is 44.3 Å². The predicted molar refractivity (Wildman–Crippen MR) is 156 cm³/mol. The molecule has 3 fully saturated rings. The third kappa shape index (κ3) is 6.95. The highest BCUT2D eigenvalue weighted by molar-refractivity contribution is 5.88. The summed E-state index contributed by atoms with van der Waals surface area (Å²) in [7, 11) is 0. The van der Waals surface area contributed by atoms with Crippen molar-refractivity contribution in [2.45, 2.75) is 62.9 Å². The van der Waals surface area contributed by atoms with E-state index in [0.29, 0.717) is 64.6 Å². The van der Waals surface area contributed by atoms with Crippen LogP contribution in [0.2, 0.25) is 0 Å². The number of benzene rings is 2. The molecule has 2 heterocycles. The number of hydrogen-bond donors (Lipinski definition) is 2. The van der Waals surface area contributed by atoms with Crippen molar-refractivity contribution in [3.63, 3.8) is 0 Å². The average molecular weight is 544 g/mol. The smallest absolute Gasteiger partial charge is 0.318 e. The number of morpholine rings is 1. The summed E-state index contributed by atoms with van der Waals surface area (Å²) in [6.07, 6.45) is 7.41. The number of nitrogens with zero attached hydrogens (tertiary/aromatic N) is 3. The van der Waals surface area contributed by atoms with Crippen molar-refractivity contribution in [1.82, 2.24) is 15.5 Å². The van der Waals surface area contributed by atoms with Crippen LogP contribution in [0.5, 0.6) is 0 Å². The van der Waals surface area contributed by atoms with E-state index in [1.807, 2.05) is 18.2 Å². The summed E-state index contributed by atoms with van der Waals surface area (Å²) in [5.41, 5.74) is 2.53. The van der Waals surface area contributed by atoms with Gasteiger partial charge in [0.1, 0.15) is 11.6 Å². The molecule has 3 aliphatic rings. The van der Waals surface area contributed by atoms with Crippen molar-refractivity contribution in [3.8, 4) is 17.2 Å². The van der Waals surface area contributed by atoms with Gasteiger partial charge < -0.3 is 25.2 Å². The highest BCUT2D eigenvalue weighted by atomic mass is 16.5. The zero-order chi connectivity index (χ0) is 27.8. The van der Waals surface area contributed by atoms with Gasteiger partial charge in [-0.2, -0.15) is 5.26 Å². The van der Waals surface area contributed by atoms with Crippen molar-refractivity contribution >= 4 is 17.6 Å². The zero-order valence-electron chi connectivity index (χ0n) is 23.3. The lowest BCUT2D eigenvalue weighted by atomic mass is 9.84. The maximum atomic E-state index is 13.7. The van der Waals surface area contributed by atoms with E-state index in [1.54, 1.807) is 4.90 Å². The third-order valence-electron chi connectivity index (χ3n) is 8.74. The van der Waals surface area contributed by atoms with Gasteiger partial charge in [0.25, 0.3) is 0 Å². The van der Waals surface area contributed by atoms with E-state index in [9.17, 15) is 14.9 Å². The number of carbonyl (C=O) groups is 2. The second kappa shape index (κ2) is 13.2. The number of ether oxygens (including phenoxy) is 1. The summed E-state index contributed by atoms with van der Waals surface area (Å²) in [5, 5.41) is 16.3. The lowest BCUT2D eigenvalue weighted by molar-refractivity contribution is -0.125. The number of nitrogens with one attached hydrogen (secondary N) is 2. The fourth-order valence-corrected chi connectivity index (χ4v) is 6.22. The molecule has 5 rings (SSSR count). The molecular weight excluding hydrogens is 502 g/mol. The van der Waals surface area contributed by atoms with Gasteiger partial charge in [0.05, 0.1) is 19.3 Å². The summed E-state index contributed by atoms with van der Waals surface area (Å²) >= 11 is 0. The largest absolute Gasteiger partial charge is 0.378 e. The van der Waals surface area contributed by atoms with Crippen LogP contribution in [0.15, 0.2) is 54.6 Å². The molecule has 40 heavy (non-hydrogen) atoms. The zero-order valence-corrected chi connectivity index (χ0v) is 23.3. The van der Waals surface area contributed by atoms with Crippen LogP contribution in [0.25, 0.3) is 11.1 Å². The second-order valence-corrected chi connectivity index (χ2v) is 11.4. The van der Waals surface area contributed by atoms with Crippen LogP contribution in [0.4, 0.5) is 10.5 Å². The molecule has 1 aliphatic carbocycles. The van der Waals surface area contributed by atoms with Gasteiger partial charge in [-0.25, -0.2) is 4.79 Å². The molecule has 1 unspecified atom stereocenters. The number of urea groups is 1. The standard InChI is InChI=1S/C32H41N5O3/c33-24-32(15-17-36(18-16-32)28-13-11-27(12-14-28)26-9-5-2-6-10-26)35-30(38)29(23-25-7-3-1-4-8-25)34-31(39)37-19-21-40-22-20-37/h2,5-6,9-14,25,29H,1,3-4,7-8,15-23H2,(H,34,39)(H,35,38). The Kier molecular flexibility index (Phi) is 9.22. The molecule has 1 saturated carbocycles. The molecule has 0 radical (unpaired) electrons. The van der Waals surface area contributed by atoms with Crippen LogP contribution in [0.1, 0.15) is 51.4 Å². The first kappa shape index (κ1) is 28.0. The number of amides is 3. The fraction of sp³-hybridized carbons (Fsp3) is 0.531. The van der Waals surface area contributed by atoms with Crippen LogP contribution < -0.4 is 15.5 Å². The molecular formula is C32H41N5O3. The Morgan fingerprint density at radius 2 is 1.57 bits per heavy atom. The number of nitriles is 1. The van der Waals surface area contributed by atoms with Crippen LogP contribution in [0.3, 0.4) is 0 Å². The molecule has 8 nitrogen and oxygen atoms in total. The Morgan fingerprint density at radius 1 is 0.925 bits per heavy atom. The van der Waals surface area contributed by atoms with Gasteiger partial charge in [-0.3, -0.25) is 4.79 Å². The summed E-state index contributed by atoms with van der Waals surface area (Å²) in [6, 6.07) is 20.4. The average Bonchev–Trinajstić information content (AvgIpc) is 3.02. The molecule has 2 aliphatic heterocycles. The fourth-order valence-electron chi connectivity index (χ4n) is 6.22. The molecule has 0 bridgehead atoms. The van der Waals surface area contributed by atoms with Gasteiger partial charge >= 0.3 is 6.03 Å². The predicted octanol–water partition coefficient (Wildman–Crippen LogP) is 4.71. The van der Waals surface area contributed by atoms with Gasteiger partial charge in [0.2, 0.25) is 5.91 Å². The molecule has 0 spiro atoms. The second-order valence-electron chi connectivity index (χ2n) is 11.4. The van der Waals surface area contributed by atoms with Gasteiger partial charge in [-0.1, -0.05) is 74.6 Å². The van der Waals surface area contributed by atoms with E-state index in [4.69, 9.17) is 4.74 Å². The minimum absolute atomic E-state index is 0.223. The first-order valence-corrected chi connectivity index (χ1v) is 14.8. The van der Waals surface area contributed by atoms with E-state index < -0.39 is 11.6 Å². The minimum atomic E-state index is -0.938. The monoisotopic (exact) mass is 543 g/mol. The lowest BCUT2D eigenvalue weighted by Crippen LogP contribution is -2.60. The number of hydrogen-bond acceptors (Lipinski definition) is 5. The number of rotatable bonds is 7. The summed E-state index contributed by atoms with van der Waals surface area (Å²) < 4.78 is 5.38. The Morgan fingerprint density at radius 3 is 2.23 bits per heavy atom. The molecule has 2 aromatic carbocycles. The number of piperidine rings is 1. The van der Waals surface area contributed by atoms with Gasteiger partial charge in [-0.05, 0) is 35.6 Å². The maximum Gasteiger partial charge on any atom is 0.318 e. The number of carbonyl (C=O) groups excluding carboxylic acids is 2. The summed E-state index contributed by atoms with van der Waals surface area (Å²) in [5.74, 6) is 0.169. The molecule has 1 atom stereocenters. The highest BCUT2D eigenvalue weighted by Crippen LogP contribution is 2.30. The van der Waals surface area contributed by atoms with Crippen molar-refractivity contribution in [2.24, 2.45) is 5.92 Å². The van der Waals surface area contributed by atoms with E-state index in [-0.39, 0.29) is 11.9 Å². The Hall–Kier alpha value is -3.57.